The van der Waals surface area contributed by atoms with Gasteiger partial charge in [0.25, 0.3) is 14.0 Å². The van der Waals surface area contributed by atoms with Gasteiger partial charge in [-0.3, -0.25) is 15.1 Å². The molecule has 0 aliphatic rings. The van der Waals surface area contributed by atoms with Crippen molar-refractivity contribution < 1.29 is 9.35 Å². The Bertz CT molecular complexity index is 1250. The summed E-state index contributed by atoms with van der Waals surface area (Å²) in [7, 11) is -2.53. The minimum absolute atomic E-state index is 0.0458. The van der Waals surface area contributed by atoms with Crippen molar-refractivity contribution in [3.8, 4) is 11.1 Å². The zero-order valence-corrected chi connectivity index (χ0v) is 22.1. The number of rotatable bonds is 9. The molecule has 4 aromatic rings. The highest BCUT2D eigenvalue weighted by atomic mass is 28.4. The summed E-state index contributed by atoms with van der Waals surface area (Å²) in [6.07, 6.45) is 4.75. The fourth-order valence-electron chi connectivity index (χ4n) is 4.88. The number of hydrogen-bond donors (Lipinski definition) is 0. The second-order valence-electron chi connectivity index (χ2n) is 9.96. The van der Waals surface area contributed by atoms with Crippen LogP contribution in [0.4, 0.5) is 5.69 Å². The van der Waals surface area contributed by atoms with Gasteiger partial charge in [0.05, 0.1) is 10.5 Å². The molecule has 1 aromatic heterocycles. The van der Waals surface area contributed by atoms with E-state index in [1.165, 1.54) is 28.2 Å². The average Bonchev–Trinajstić information content (AvgIpc) is 2.89. The van der Waals surface area contributed by atoms with Crippen molar-refractivity contribution >= 4 is 24.4 Å². The second kappa shape index (κ2) is 11.0. The van der Waals surface area contributed by atoms with E-state index < -0.39 is 8.32 Å². The summed E-state index contributed by atoms with van der Waals surface area (Å²) in [4.78, 5) is 15.1. The van der Waals surface area contributed by atoms with Crippen molar-refractivity contribution in [3.63, 3.8) is 0 Å². The molecular formula is C30H32N2O3Si. The van der Waals surface area contributed by atoms with E-state index in [9.17, 15) is 10.1 Å². The van der Waals surface area contributed by atoms with Crippen LogP contribution in [-0.4, -0.2) is 24.8 Å². The van der Waals surface area contributed by atoms with E-state index in [1.807, 2.05) is 24.3 Å². The smallest absolute Gasteiger partial charge is 0.280 e. The van der Waals surface area contributed by atoms with Crippen molar-refractivity contribution in [2.75, 3.05) is 6.61 Å². The third-order valence-electron chi connectivity index (χ3n) is 6.60. The van der Waals surface area contributed by atoms with Crippen molar-refractivity contribution in [2.45, 2.75) is 38.7 Å². The third-order valence-corrected chi connectivity index (χ3v) is 11.6. The molecule has 0 saturated heterocycles. The largest absolute Gasteiger partial charge is 0.407 e. The van der Waals surface area contributed by atoms with E-state index in [-0.39, 0.29) is 15.6 Å². The molecule has 0 atom stereocenters. The van der Waals surface area contributed by atoms with Crippen LogP contribution in [0.5, 0.6) is 0 Å². The van der Waals surface area contributed by atoms with E-state index in [4.69, 9.17) is 4.43 Å². The molecule has 0 fully saturated rings. The van der Waals surface area contributed by atoms with Gasteiger partial charge in [-0.15, -0.1) is 0 Å². The molecule has 0 unspecified atom stereocenters. The summed E-state index contributed by atoms with van der Waals surface area (Å²) in [5, 5.41) is 13.9. The highest BCUT2D eigenvalue weighted by molar-refractivity contribution is 6.99. The highest BCUT2D eigenvalue weighted by Gasteiger charge is 2.49. The minimum Gasteiger partial charge on any atom is -0.407 e. The molecule has 5 nitrogen and oxygen atoms in total. The summed E-state index contributed by atoms with van der Waals surface area (Å²) in [5.74, 6) is 0. The van der Waals surface area contributed by atoms with Gasteiger partial charge in [-0.05, 0) is 39.4 Å². The van der Waals surface area contributed by atoms with E-state index in [0.717, 1.165) is 18.4 Å². The average molecular weight is 497 g/mol. The zero-order chi connectivity index (χ0) is 25.6. The van der Waals surface area contributed by atoms with E-state index >= 15 is 0 Å². The lowest BCUT2D eigenvalue weighted by Gasteiger charge is -2.43. The fourth-order valence-corrected chi connectivity index (χ4v) is 9.49. The molecular weight excluding hydrogens is 464 g/mol. The Kier molecular flexibility index (Phi) is 7.77. The monoisotopic (exact) mass is 496 g/mol. The Morgan fingerprint density at radius 3 is 1.97 bits per heavy atom. The standard InChI is InChI=1S/C30H32N2O3Si/c1-30(2,3)36(26-12-6-4-7-13-26,27-14-8-5-9-15-27)35-22-10-11-24-16-18-25(19-17-24)28-23-31-21-20-29(28)32(33)34/h4-9,12-21,23H,10-11,22H2,1-3H3. The molecule has 0 N–H and O–H groups in total. The van der Waals surface area contributed by atoms with E-state index in [0.29, 0.717) is 12.2 Å². The molecule has 0 bridgehead atoms. The van der Waals surface area contributed by atoms with Crippen molar-refractivity contribution in [1.82, 2.24) is 4.98 Å². The normalized spacial score (nSPS) is 11.9. The Morgan fingerprint density at radius 2 is 1.44 bits per heavy atom. The lowest BCUT2D eigenvalue weighted by atomic mass is 10.0. The van der Waals surface area contributed by atoms with Crippen LogP contribution in [0.2, 0.25) is 5.04 Å². The maximum absolute atomic E-state index is 11.4. The highest BCUT2D eigenvalue weighted by Crippen LogP contribution is 2.37. The van der Waals surface area contributed by atoms with Gasteiger partial charge in [0, 0.05) is 25.1 Å². The Morgan fingerprint density at radius 1 is 0.861 bits per heavy atom. The van der Waals surface area contributed by atoms with Crippen LogP contribution in [0.25, 0.3) is 11.1 Å². The molecule has 0 radical (unpaired) electrons. The van der Waals surface area contributed by atoms with Crippen molar-refractivity contribution in [1.29, 1.82) is 0 Å². The number of nitro groups is 1. The first kappa shape index (κ1) is 25.5. The predicted molar refractivity (Wildman–Crippen MR) is 148 cm³/mol. The third kappa shape index (κ3) is 5.30. The van der Waals surface area contributed by atoms with Crippen molar-refractivity contribution in [3.05, 3.63) is 119 Å². The first-order valence-electron chi connectivity index (χ1n) is 12.3. The predicted octanol–water partition coefficient (Wildman–Crippen LogP) is 6.17. The van der Waals surface area contributed by atoms with Crippen LogP contribution in [0, 0.1) is 10.1 Å². The van der Waals surface area contributed by atoms with Crippen LogP contribution in [0.1, 0.15) is 32.8 Å². The topological polar surface area (TPSA) is 65.3 Å². The van der Waals surface area contributed by atoms with Gasteiger partial charge in [0.15, 0.2) is 0 Å². The molecule has 0 amide bonds. The van der Waals surface area contributed by atoms with Gasteiger partial charge in [0.2, 0.25) is 0 Å². The Labute approximate surface area is 214 Å². The maximum Gasteiger partial charge on any atom is 0.280 e. The summed E-state index contributed by atoms with van der Waals surface area (Å²) >= 11 is 0. The van der Waals surface area contributed by atoms with Crippen LogP contribution >= 0.6 is 0 Å². The molecule has 0 spiro atoms. The van der Waals surface area contributed by atoms with Gasteiger partial charge in [-0.1, -0.05) is 106 Å². The van der Waals surface area contributed by atoms with E-state index in [2.05, 4.69) is 86.4 Å². The van der Waals surface area contributed by atoms with Gasteiger partial charge in [-0.2, -0.15) is 0 Å². The number of aromatic nitrogens is 1. The minimum atomic E-state index is -2.53. The Hall–Kier alpha value is -3.61. The van der Waals surface area contributed by atoms with Crippen LogP contribution in [0.3, 0.4) is 0 Å². The molecule has 36 heavy (non-hydrogen) atoms. The van der Waals surface area contributed by atoms with Gasteiger partial charge >= 0.3 is 0 Å². The quantitative estimate of drug-likeness (QED) is 0.120. The fraction of sp³-hybridized carbons (Fsp3) is 0.233. The number of pyridine rings is 1. The molecule has 3 aromatic carbocycles. The first-order chi connectivity index (χ1) is 17.3. The van der Waals surface area contributed by atoms with Gasteiger partial charge in [-0.25, -0.2) is 0 Å². The lowest BCUT2D eigenvalue weighted by molar-refractivity contribution is -0.384. The summed E-state index contributed by atoms with van der Waals surface area (Å²) in [5.41, 5.74) is 2.57. The maximum atomic E-state index is 11.4. The molecule has 6 heteroatoms. The summed E-state index contributed by atoms with van der Waals surface area (Å²) < 4.78 is 6.98. The molecule has 0 aliphatic carbocycles. The zero-order valence-electron chi connectivity index (χ0n) is 21.1. The van der Waals surface area contributed by atoms with Crippen LogP contribution in [0.15, 0.2) is 103 Å². The molecule has 1 heterocycles. The molecule has 4 rings (SSSR count). The SMILES string of the molecule is CC(C)(C)[Si](OCCCc1ccc(-c2cnccc2[N+](=O)[O-])cc1)(c1ccccc1)c1ccccc1. The molecule has 184 valence electrons. The number of aryl methyl sites for hydroxylation is 1. The molecule has 0 aliphatic heterocycles. The number of nitrogens with zero attached hydrogens (tertiary/aromatic N) is 2. The van der Waals surface area contributed by atoms with Crippen LogP contribution in [-0.2, 0) is 10.8 Å². The second-order valence-corrected chi connectivity index (χ2v) is 14.3. The summed E-state index contributed by atoms with van der Waals surface area (Å²) in [6, 6.07) is 30.7. The van der Waals surface area contributed by atoms with Crippen molar-refractivity contribution in [2.24, 2.45) is 0 Å². The van der Waals surface area contributed by atoms with Gasteiger partial charge < -0.3 is 4.43 Å². The molecule has 0 saturated carbocycles. The summed E-state index contributed by atoms with van der Waals surface area (Å²) in [6.45, 7) is 7.52. The number of hydrogen-bond acceptors (Lipinski definition) is 4. The van der Waals surface area contributed by atoms with E-state index in [1.54, 1.807) is 6.20 Å². The first-order valence-corrected chi connectivity index (χ1v) is 14.2. The van der Waals surface area contributed by atoms with Gasteiger partial charge in [0.1, 0.15) is 0 Å². The Balaban J connectivity index is 1.50. The number of benzene rings is 3. The van der Waals surface area contributed by atoms with Crippen LogP contribution < -0.4 is 10.4 Å². The lowest BCUT2D eigenvalue weighted by Crippen LogP contribution is -2.66.